The van der Waals surface area contributed by atoms with Gasteiger partial charge in [-0.05, 0) is 50.7 Å². The Balaban J connectivity index is 1.64. The summed E-state index contributed by atoms with van der Waals surface area (Å²) in [5.41, 5.74) is 3.99. The molecule has 1 heterocycles. The van der Waals surface area contributed by atoms with Gasteiger partial charge in [0.1, 0.15) is 6.54 Å². The van der Waals surface area contributed by atoms with Crippen LogP contribution in [0, 0.1) is 6.92 Å². The second-order valence-corrected chi connectivity index (χ2v) is 7.62. The van der Waals surface area contributed by atoms with Crippen molar-refractivity contribution in [1.82, 2.24) is 15.1 Å². The van der Waals surface area contributed by atoms with Crippen molar-refractivity contribution in [2.75, 3.05) is 27.2 Å². The molecule has 0 fully saturated rings. The molecule has 1 aliphatic rings. The van der Waals surface area contributed by atoms with Gasteiger partial charge in [-0.15, -0.1) is 0 Å². The molecule has 1 N–H and O–H groups in total. The third kappa shape index (κ3) is 4.38. The highest BCUT2D eigenvalue weighted by atomic mass is 16.2. The Morgan fingerprint density at radius 3 is 2.31 bits per heavy atom. The maximum atomic E-state index is 12.5. The first-order chi connectivity index (χ1) is 13.8. The van der Waals surface area contributed by atoms with Gasteiger partial charge in [0.2, 0.25) is 5.91 Å². The fourth-order valence-corrected chi connectivity index (χ4v) is 3.53. The molecular formula is C23H27N3O3. The van der Waals surface area contributed by atoms with E-state index in [9.17, 15) is 14.4 Å². The lowest BCUT2D eigenvalue weighted by Crippen LogP contribution is -2.42. The molecule has 1 aliphatic heterocycles. The van der Waals surface area contributed by atoms with Gasteiger partial charge in [-0.2, -0.15) is 0 Å². The van der Waals surface area contributed by atoms with Crippen molar-refractivity contribution in [3.63, 3.8) is 0 Å². The molecule has 0 saturated carbocycles. The number of fused-ring (bicyclic) bond motifs is 1. The summed E-state index contributed by atoms with van der Waals surface area (Å²) in [5, 5.41) is 2.87. The summed E-state index contributed by atoms with van der Waals surface area (Å²) < 4.78 is 0. The van der Waals surface area contributed by atoms with Crippen molar-refractivity contribution in [2.45, 2.75) is 26.3 Å². The molecule has 2 aromatic carbocycles. The van der Waals surface area contributed by atoms with Crippen molar-refractivity contribution >= 4 is 17.7 Å². The van der Waals surface area contributed by atoms with Gasteiger partial charge in [-0.25, -0.2) is 0 Å². The first-order valence-electron chi connectivity index (χ1n) is 9.80. The lowest BCUT2D eigenvalue weighted by molar-refractivity contribution is -0.121. The molecule has 29 heavy (non-hydrogen) atoms. The number of nitrogens with zero attached hydrogens (tertiary/aromatic N) is 2. The van der Waals surface area contributed by atoms with E-state index in [1.54, 1.807) is 18.2 Å². The lowest BCUT2D eigenvalue weighted by Gasteiger charge is -2.25. The van der Waals surface area contributed by atoms with E-state index in [0.717, 1.165) is 22.4 Å². The molecule has 152 valence electrons. The minimum atomic E-state index is -0.417. The van der Waals surface area contributed by atoms with E-state index in [4.69, 9.17) is 0 Å². The zero-order valence-corrected chi connectivity index (χ0v) is 17.4. The molecule has 3 rings (SSSR count). The average molecular weight is 393 g/mol. The van der Waals surface area contributed by atoms with Crippen LogP contribution in [-0.4, -0.2) is 54.7 Å². The van der Waals surface area contributed by atoms with E-state index < -0.39 is 11.8 Å². The Kier molecular flexibility index (Phi) is 6.13. The van der Waals surface area contributed by atoms with Crippen LogP contribution in [0.5, 0.6) is 0 Å². The second-order valence-electron chi connectivity index (χ2n) is 7.62. The molecule has 1 atom stereocenters. The van der Waals surface area contributed by atoms with E-state index in [-0.39, 0.29) is 18.5 Å². The normalized spacial score (nSPS) is 14.3. The predicted molar refractivity (Wildman–Crippen MR) is 112 cm³/mol. The van der Waals surface area contributed by atoms with E-state index in [0.29, 0.717) is 17.7 Å². The molecule has 6 nitrogen and oxygen atoms in total. The molecule has 1 unspecified atom stereocenters. The average Bonchev–Trinajstić information content (AvgIpc) is 2.92. The Hall–Kier alpha value is -2.99. The standard InChI is InChI=1S/C23H27N3O3/c1-5-16-7-9-17(10-8-16)20(25(3)4)13-24-21(27)14-26-22(28)18-11-6-15(2)12-19(18)23(26)29/h6-12,20H,5,13-14H2,1-4H3,(H,24,27). The highest BCUT2D eigenvalue weighted by molar-refractivity contribution is 6.22. The zero-order valence-electron chi connectivity index (χ0n) is 17.4. The third-order valence-corrected chi connectivity index (χ3v) is 5.32. The Morgan fingerprint density at radius 2 is 1.69 bits per heavy atom. The smallest absolute Gasteiger partial charge is 0.262 e. The molecule has 3 amide bonds. The number of amides is 3. The number of likely N-dealkylation sites (N-methyl/N-ethyl adjacent to an activating group) is 1. The number of carbonyl (C=O) groups excluding carboxylic acids is 3. The maximum Gasteiger partial charge on any atom is 0.262 e. The van der Waals surface area contributed by atoms with Crippen LogP contribution in [0.3, 0.4) is 0 Å². The molecule has 0 saturated heterocycles. The topological polar surface area (TPSA) is 69.7 Å². The highest BCUT2D eigenvalue weighted by Crippen LogP contribution is 2.23. The van der Waals surface area contributed by atoms with Crippen LogP contribution in [0.25, 0.3) is 0 Å². The van der Waals surface area contributed by atoms with Crippen molar-refractivity contribution in [1.29, 1.82) is 0 Å². The van der Waals surface area contributed by atoms with Crippen LogP contribution in [-0.2, 0) is 11.2 Å². The van der Waals surface area contributed by atoms with Crippen molar-refractivity contribution in [3.05, 3.63) is 70.3 Å². The van der Waals surface area contributed by atoms with Gasteiger partial charge >= 0.3 is 0 Å². The summed E-state index contributed by atoms with van der Waals surface area (Å²) in [4.78, 5) is 40.6. The van der Waals surface area contributed by atoms with Gasteiger partial charge in [-0.3, -0.25) is 19.3 Å². The van der Waals surface area contributed by atoms with Crippen molar-refractivity contribution in [2.24, 2.45) is 0 Å². The van der Waals surface area contributed by atoms with Crippen LogP contribution in [0.1, 0.15) is 50.4 Å². The maximum absolute atomic E-state index is 12.5. The van der Waals surface area contributed by atoms with Crippen LogP contribution in [0.15, 0.2) is 42.5 Å². The Bertz CT molecular complexity index is 935. The molecule has 0 aromatic heterocycles. The number of carbonyl (C=O) groups is 3. The van der Waals surface area contributed by atoms with Crippen molar-refractivity contribution in [3.8, 4) is 0 Å². The largest absolute Gasteiger partial charge is 0.353 e. The number of benzene rings is 2. The van der Waals surface area contributed by atoms with Gasteiger partial charge in [-0.1, -0.05) is 42.8 Å². The monoisotopic (exact) mass is 393 g/mol. The zero-order chi connectivity index (χ0) is 21.1. The van der Waals surface area contributed by atoms with Gasteiger partial charge in [0.15, 0.2) is 0 Å². The number of hydrogen-bond acceptors (Lipinski definition) is 4. The predicted octanol–water partition coefficient (Wildman–Crippen LogP) is 2.57. The highest BCUT2D eigenvalue weighted by Gasteiger charge is 2.36. The Morgan fingerprint density at radius 1 is 1.03 bits per heavy atom. The second kappa shape index (κ2) is 8.57. The van der Waals surface area contributed by atoms with Gasteiger partial charge in [0.25, 0.3) is 11.8 Å². The number of rotatable bonds is 7. The van der Waals surface area contributed by atoms with Crippen LogP contribution in [0.2, 0.25) is 0 Å². The van der Waals surface area contributed by atoms with Gasteiger partial charge < -0.3 is 10.2 Å². The van der Waals surface area contributed by atoms with Gasteiger partial charge in [0.05, 0.1) is 17.2 Å². The Labute approximate surface area is 171 Å². The number of nitrogens with one attached hydrogen (secondary N) is 1. The number of imide groups is 1. The SMILES string of the molecule is CCc1ccc(C(CNC(=O)CN2C(=O)c3ccc(C)cc3C2=O)N(C)C)cc1. The fourth-order valence-electron chi connectivity index (χ4n) is 3.53. The molecular weight excluding hydrogens is 366 g/mol. The molecule has 0 aliphatic carbocycles. The number of hydrogen-bond donors (Lipinski definition) is 1. The minimum Gasteiger partial charge on any atom is -0.353 e. The summed E-state index contributed by atoms with van der Waals surface area (Å²) in [6.45, 7) is 4.08. The fraction of sp³-hybridized carbons (Fsp3) is 0.348. The third-order valence-electron chi connectivity index (χ3n) is 5.32. The summed E-state index contributed by atoms with van der Waals surface area (Å²) in [5.74, 6) is -1.18. The minimum absolute atomic E-state index is 0.00492. The first-order valence-corrected chi connectivity index (χ1v) is 9.80. The summed E-state index contributed by atoms with van der Waals surface area (Å²) in [6, 6.07) is 13.4. The van der Waals surface area contributed by atoms with Crippen LogP contribution < -0.4 is 5.32 Å². The van der Waals surface area contributed by atoms with Gasteiger partial charge in [0, 0.05) is 6.54 Å². The summed E-state index contributed by atoms with van der Waals surface area (Å²) in [6.07, 6.45) is 0.976. The molecule has 6 heteroatoms. The number of aryl methyl sites for hydroxylation is 2. The van der Waals surface area contributed by atoms with E-state index >= 15 is 0 Å². The van der Waals surface area contributed by atoms with Crippen LogP contribution in [0.4, 0.5) is 0 Å². The summed E-state index contributed by atoms with van der Waals surface area (Å²) >= 11 is 0. The van der Waals surface area contributed by atoms with E-state index in [1.807, 2.05) is 25.9 Å². The molecule has 0 radical (unpaired) electrons. The van der Waals surface area contributed by atoms with Crippen molar-refractivity contribution < 1.29 is 14.4 Å². The van der Waals surface area contributed by atoms with E-state index in [2.05, 4.69) is 36.5 Å². The lowest BCUT2D eigenvalue weighted by atomic mass is 10.0. The molecule has 2 aromatic rings. The molecule has 0 spiro atoms. The summed E-state index contributed by atoms with van der Waals surface area (Å²) in [7, 11) is 3.91. The van der Waals surface area contributed by atoms with E-state index in [1.165, 1.54) is 5.56 Å². The first kappa shape index (κ1) is 20.7. The quantitative estimate of drug-likeness (QED) is 0.734. The molecule has 0 bridgehead atoms. The van der Waals surface area contributed by atoms with Crippen LogP contribution >= 0.6 is 0 Å².